The molecule has 0 unspecified atom stereocenters. The molecule has 0 aliphatic heterocycles. The van der Waals surface area contributed by atoms with Gasteiger partial charge in [-0.05, 0) is 42.8 Å². The number of hydrogen-bond donors (Lipinski definition) is 4. The number of nitrogens with one attached hydrogen (secondary N) is 3. The molecule has 0 aliphatic carbocycles. The highest BCUT2D eigenvalue weighted by atomic mass is 35.5. The monoisotopic (exact) mass is 578 g/mol. The number of aromatic amines is 1. The fourth-order valence-electron chi connectivity index (χ4n) is 3.96. The van der Waals surface area contributed by atoms with Crippen molar-refractivity contribution in [3.63, 3.8) is 0 Å². The fourth-order valence-corrected chi connectivity index (χ4v) is 5.18. The van der Waals surface area contributed by atoms with E-state index in [1.165, 1.54) is 18.2 Å². The minimum atomic E-state index is -3.81. The number of sulfonamides is 1. The predicted octanol–water partition coefficient (Wildman–Crippen LogP) is 5.48. The van der Waals surface area contributed by atoms with Gasteiger partial charge in [-0.25, -0.2) is 32.5 Å². The lowest BCUT2D eigenvalue weighted by Gasteiger charge is -2.09. The average Bonchev–Trinajstić information content (AvgIpc) is 3.41. The van der Waals surface area contributed by atoms with E-state index in [4.69, 9.17) is 16.6 Å². The Balaban J connectivity index is 1.32. The Bertz CT molecular complexity index is 1750. The Morgan fingerprint density at radius 3 is 2.52 bits per heavy atom. The maximum absolute atomic E-state index is 13.4. The third-order valence-electron chi connectivity index (χ3n) is 5.92. The summed E-state index contributed by atoms with van der Waals surface area (Å²) in [4.78, 5) is 16.9. The van der Waals surface area contributed by atoms with Crippen molar-refractivity contribution in [3.05, 3.63) is 95.9 Å². The molecular weight excluding hydrogens is 555 g/mol. The van der Waals surface area contributed by atoms with Crippen molar-refractivity contribution in [3.8, 4) is 39.8 Å². The van der Waals surface area contributed by atoms with Gasteiger partial charge in [0.1, 0.15) is 17.4 Å². The molecule has 0 amide bonds. The van der Waals surface area contributed by atoms with E-state index in [2.05, 4.69) is 25.0 Å². The Morgan fingerprint density at radius 2 is 1.75 bits per heavy atom. The van der Waals surface area contributed by atoms with Crippen LogP contribution >= 0.6 is 11.6 Å². The maximum atomic E-state index is 13.4. The van der Waals surface area contributed by atoms with Gasteiger partial charge in [-0.2, -0.15) is 0 Å². The molecule has 0 radical (unpaired) electrons. The summed E-state index contributed by atoms with van der Waals surface area (Å²) in [6, 6.07) is 21.1. The quantitative estimate of drug-likeness (QED) is 0.161. The zero-order chi connectivity index (χ0) is 28.1. The van der Waals surface area contributed by atoms with Crippen LogP contribution in [-0.4, -0.2) is 46.5 Å². The first-order valence-corrected chi connectivity index (χ1v) is 14.1. The molecule has 204 valence electrons. The second kappa shape index (κ2) is 11.8. The number of H-pyrrole nitrogens is 1. The van der Waals surface area contributed by atoms with Gasteiger partial charge in [-0.1, -0.05) is 54.1 Å². The number of hydrogen-bond acceptors (Lipinski definition) is 7. The van der Waals surface area contributed by atoms with Crippen LogP contribution in [0.3, 0.4) is 0 Å². The van der Waals surface area contributed by atoms with Crippen LogP contribution in [-0.2, 0) is 10.0 Å². The van der Waals surface area contributed by atoms with Gasteiger partial charge in [-0.3, -0.25) is 0 Å². The van der Waals surface area contributed by atoms with Gasteiger partial charge in [0.05, 0.1) is 27.0 Å². The molecular formula is C28H24ClFN6O3S. The molecule has 3 aromatic carbocycles. The molecule has 5 aromatic rings. The second-order valence-corrected chi connectivity index (χ2v) is 10.9. The van der Waals surface area contributed by atoms with Gasteiger partial charge < -0.3 is 15.4 Å². The van der Waals surface area contributed by atoms with Crippen LogP contribution in [0.2, 0.25) is 5.02 Å². The summed E-state index contributed by atoms with van der Waals surface area (Å²) in [5.41, 5.74) is 3.27. The molecule has 0 bridgehead atoms. The molecule has 2 aromatic heterocycles. The van der Waals surface area contributed by atoms with E-state index >= 15 is 0 Å². The van der Waals surface area contributed by atoms with E-state index in [0.29, 0.717) is 47.4 Å². The summed E-state index contributed by atoms with van der Waals surface area (Å²) < 4.78 is 40.6. The minimum absolute atomic E-state index is 0.0626. The first-order valence-electron chi connectivity index (χ1n) is 12.3. The summed E-state index contributed by atoms with van der Waals surface area (Å²) in [5, 5.41) is 13.5. The van der Waals surface area contributed by atoms with Gasteiger partial charge in [0.2, 0.25) is 16.0 Å². The summed E-state index contributed by atoms with van der Waals surface area (Å²) in [7, 11) is -3.81. The Kier molecular flexibility index (Phi) is 8.06. The molecule has 12 heteroatoms. The van der Waals surface area contributed by atoms with E-state index in [-0.39, 0.29) is 22.2 Å². The summed E-state index contributed by atoms with van der Waals surface area (Å²) in [6.07, 6.45) is 2.03. The molecule has 0 fully saturated rings. The van der Waals surface area contributed by atoms with E-state index in [1.807, 2.05) is 30.3 Å². The molecule has 0 aliphatic rings. The topological polar surface area (TPSA) is 133 Å². The van der Waals surface area contributed by atoms with Crippen LogP contribution in [0.1, 0.15) is 6.42 Å². The Morgan fingerprint density at radius 1 is 0.925 bits per heavy atom. The SMILES string of the molecule is O=S(=O)(NCCCNc1nccc(-c2[nH]c(-c3ccccc3)nc2-c2ccc(Cl)c(O)c2)n1)c1cccc(F)c1. The number of anilines is 1. The van der Waals surface area contributed by atoms with Gasteiger partial charge in [0, 0.05) is 30.4 Å². The third kappa shape index (κ3) is 6.28. The van der Waals surface area contributed by atoms with Crippen molar-refractivity contribution in [2.24, 2.45) is 0 Å². The Labute approximate surface area is 235 Å². The number of benzene rings is 3. The van der Waals surface area contributed by atoms with Crippen molar-refractivity contribution in [2.45, 2.75) is 11.3 Å². The zero-order valence-electron chi connectivity index (χ0n) is 21.0. The van der Waals surface area contributed by atoms with Crippen LogP contribution in [0.15, 0.2) is 90.0 Å². The predicted molar refractivity (Wildman–Crippen MR) is 152 cm³/mol. The number of phenols is 1. The molecule has 2 heterocycles. The van der Waals surface area contributed by atoms with E-state index in [0.717, 1.165) is 11.6 Å². The normalized spacial score (nSPS) is 11.4. The lowest BCUT2D eigenvalue weighted by molar-refractivity contribution is 0.476. The van der Waals surface area contributed by atoms with Crippen LogP contribution < -0.4 is 10.0 Å². The number of imidazole rings is 1. The van der Waals surface area contributed by atoms with Crippen molar-refractivity contribution in [2.75, 3.05) is 18.4 Å². The van der Waals surface area contributed by atoms with E-state index in [9.17, 15) is 17.9 Å². The fraction of sp³-hybridized carbons (Fsp3) is 0.107. The van der Waals surface area contributed by atoms with Gasteiger partial charge in [0.25, 0.3) is 0 Å². The number of aromatic hydroxyl groups is 1. The van der Waals surface area contributed by atoms with Crippen molar-refractivity contribution >= 4 is 27.6 Å². The highest BCUT2D eigenvalue weighted by Gasteiger charge is 2.18. The molecule has 0 spiro atoms. The third-order valence-corrected chi connectivity index (χ3v) is 7.70. The van der Waals surface area contributed by atoms with E-state index < -0.39 is 15.8 Å². The van der Waals surface area contributed by atoms with Crippen LogP contribution in [0.4, 0.5) is 10.3 Å². The number of nitrogens with zero attached hydrogens (tertiary/aromatic N) is 3. The lowest BCUT2D eigenvalue weighted by Crippen LogP contribution is -2.26. The second-order valence-electron chi connectivity index (χ2n) is 8.74. The van der Waals surface area contributed by atoms with Gasteiger partial charge >= 0.3 is 0 Å². The highest BCUT2D eigenvalue weighted by molar-refractivity contribution is 7.89. The molecule has 5 rings (SSSR count). The van der Waals surface area contributed by atoms with Gasteiger partial charge in [-0.15, -0.1) is 0 Å². The minimum Gasteiger partial charge on any atom is -0.506 e. The maximum Gasteiger partial charge on any atom is 0.240 e. The van der Waals surface area contributed by atoms with E-state index in [1.54, 1.807) is 30.5 Å². The highest BCUT2D eigenvalue weighted by Crippen LogP contribution is 2.35. The zero-order valence-corrected chi connectivity index (χ0v) is 22.5. The molecule has 4 N–H and O–H groups in total. The van der Waals surface area contributed by atoms with Gasteiger partial charge in [0.15, 0.2) is 0 Å². The number of phenolic OH excluding ortho intramolecular Hbond substituents is 1. The first kappa shape index (κ1) is 27.3. The molecule has 0 saturated carbocycles. The van der Waals surface area contributed by atoms with Crippen molar-refractivity contribution in [1.82, 2.24) is 24.7 Å². The van der Waals surface area contributed by atoms with Crippen molar-refractivity contribution in [1.29, 1.82) is 0 Å². The molecule has 9 nitrogen and oxygen atoms in total. The summed E-state index contributed by atoms with van der Waals surface area (Å²) in [6.45, 7) is 0.516. The average molecular weight is 579 g/mol. The van der Waals surface area contributed by atoms with Crippen LogP contribution in [0.5, 0.6) is 5.75 Å². The molecule has 40 heavy (non-hydrogen) atoms. The standard InChI is InChI=1S/C28H24ClFN6O3S/c29-22-11-10-19(16-24(22)37)25-26(36-27(35-25)18-6-2-1-3-7-18)23-12-15-32-28(34-23)31-13-5-14-33-40(38,39)21-9-4-8-20(30)17-21/h1-4,6-12,15-17,33,37H,5,13-14H2,(H,35,36)(H,31,32,34). The summed E-state index contributed by atoms with van der Waals surface area (Å²) >= 11 is 6.02. The number of halogens is 2. The number of rotatable bonds is 10. The van der Waals surface area contributed by atoms with Crippen LogP contribution in [0.25, 0.3) is 34.0 Å². The van der Waals surface area contributed by atoms with Crippen molar-refractivity contribution < 1.29 is 17.9 Å². The molecule has 0 saturated heterocycles. The Hall–Kier alpha value is -4.32. The largest absolute Gasteiger partial charge is 0.506 e. The number of aromatic nitrogens is 4. The summed E-state index contributed by atoms with van der Waals surface area (Å²) in [5.74, 6) is 0.281. The lowest BCUT2D eigenvalue weighted by atomic mass is 10.1. The van der Waals surface area contributed by atoms with Crippen LogP contribution in [0, 0.1) is 5.82 Å². The smallest absolute Gasteiger partial charge is 0.240 e. The molecule has 0 atom stereocenters. The first-order chi connectivity index (χ1) is 19.3.